The highest BCUT2D eigenvalue weighted by atomic mass is 79.9. The molecule has 1 heterocycles. The van der Waals surface area contributed by atoms with Crippen molar-refractivity contribution in [2.24, 2.45) is 5.92 Å². The number of carbonyl (C=O) groups is 1. The number of aromatic nitrogens is 2. The number of aryl methyl sites for hydroxylation is 1. The van der Waals surface area contributed by atoms with Gasteiger partial charge in [-0.25, -0.2) is 0 Å². The van der Waals surface area contributed by atoms with Gasteiger partial charge in [0.25, 0.3) is 0 Å². The zero-order chi connectivity index (χ0) is 18.5. The summed E-state index contributed by atoms with van der Waals surface area (Å²) in [6.45, 7) is 4.07. The molecule has 5 nitrogen and oxygen atoms in total. The summed E-state index contributed by atoms with van der Waals surface area (Å²) in [5, 5.41) is 7.20. The van der Waals surface area contributed by atoms with Gasteiger partial charge in [-0.2, -0.15) is 4.98 Å². The Labute approximate surface area is 163 Å². The Balaban J connectivity index is 1.51. The normalized spacial score (nSPS) is 15.7. The first-order chi connectivity index (χ1) is 12.5. The molecule has 26 heavy (non-hydrogen) atoms. The summed E-state index contributed by atoms with van der Waals surface area (Å²) < 4.78 is 6.29. The molecule has 0 bridgehead atoms. The lowest BCUT2D eigenvalue weighted by Gasteiger charge is -2.34. The Hall–Kier alpha value is -1.69. The summed E-state index contributed by atoms with van der Waals surface area (Å²) in [5.41, 5.74) is 1.18. The second kappa shape index (κ2) is 8.80. The lowest BCUT2D eigenvalue weighted by atomic mass is 9.77. The van der Waals surface area contributed by atoms with Gasteiger partial charge in [0, 0.05) is 23.2 Å². The van der Waals surface area contributed by atoms with Gasteiger partial charge in [0.05, 0.1) is 6.04 Å². The molecule has 1 unspecified atom stereocenters. The smallest absolute Gasteiger partial charge is 0.226 e. The molecule has 1 N–H and O–H groups in total. The highest BCUT2D eigenvalue weighted by Gasteiger charge is 2.29. The number of amides is 1. The van der Waals surface area contributed by atoms with Crippen molar-refractivity contribution >= 4 is 21.8 Å². The molecule has 0 radical (unpaired) electrons. The molecular formula is C20H26BrN3O2. The van der Waals surface area contributed by atoms with Crippen molar-refractivity contribution < 1.29 is 9.32 Å². The van der Waals surface area contributed by atoms with Crippen molar-refractivity contribution in [3.05, 3.63) is 46.0 Å². The van der Waals surface area contributed by atoms with Crippen molar-refractivity contribution in [1.29, 1.82) is 0 Å². The fourth-order valence-electron chi connectivity index (χ4n) is 3.17. The van der Waals surface area contributed by atoms with E-state index in [1.165, 1.54) is 24.8 Å². The maximum Gasteiger partial charge on any atom is 0.226 e. The van der Waals surface area contributed by atoms with E-state index in [1.807, 2.05) is 26.0 Å². The van der Waals surface area contributed by atoms with Gasteiger partial charge in [-0.3, -0.25) is 4.79 Å². The van der Waals surface area contributed by atoms with Crippen molar-refractivity contribution in [3.63, 3.8) is 0 Å². The fourth-order valence-corrected chi connectivity index (χ4v) is 3.43. The van der Waals surface area contributed by atoms with Gasteiger partial charge in [0.15, 0.2) is 5.82 Å². The molecule has 1 amide bonds. The predicted molar refractivity (Wildman–Crippen MR) is 104 cm³/mol. The quantitative estimate of drug-likeness (QED) is 0.657. The number of nitrogens with zero attached hydrogens (tertiary/aromatic N) is 2. The van der Waals surface area contributed by atoms with Crippen LogP contribution in [0, 0.1) is 5.92 Å². The minimum absolute atomic E-state index is 0.0911. The van der Waals surface area contributed by atoms with Gasteiger partial charge in [-0.1, -0.05) is 53.5 Å². The molecule has 1 atom stereocenters. The molecule has 1 aliphatic rings. The molecule has 3 rings (SSSR count). The number of hydrogen-bond acceptors (Lipinski definition) is 4. The molecular weight excluding hydrogens is 394 g/mol. The Kier molecular flexibility index (Phi) is 6.46. The van der Waals surface area contributed by atoms with Crippen LogP contribution in [0.2, 0.25) is 0 Å². The summed E-state index contributed by atoms with van der Waals surface area (Å²) in [7, 11) is 0. The number of nitrogens with one attached hydrogen (secondary N) is 1. The van der Waals surface area contributed by atoms with Crippen LogP contribution in [-0.4, -0.2) is 16.0 Å². The highest BCUT2D eigenvalue weighted by Crippen LogP contribution is 2.38. The van der Waals surface area contributed by atoms with Gasteiger partial charge in [0.2, 0.25) is 11.8 Å². The maximum absolute atomic E-state index is 12.5. The average Bonchev–Trinajstić information content (AvgIpc) is 3.02. The standard InChI is InChI=1S/C20H26BrN3O2/c1-13(2)20-23-18(26-24-20)8-4-7-17(25)22-19(14-5-3-6-14)15-9-11-16(21)12-10-15/h9-14,19H,3-8H2,1-2H3,(H,22,25). The maximum atomic E-state index is 12.5. The molecule has 1 fully saturated rings. The van der Waals surface area contributed by atoms with Crippen molar-refractivity contribution in [2.75, 3.05) is 0 Å². The Morgan fingerprint density at radius 2 is 2.04 bits per heavy atom. The average molecular weight is 420 g/mol. The Morgan fingerprint density at radius 3 is 2.62 bits per heavy atom. The summed E-state index contributed by atoms with van der Waals surface area (Å²) in [4.78, 5) is 16.8. The van der Waals surface area contributed by atoms with E-state index in [2.05, 4.69) is 43.5 Å². The summed E-state index contributed by atoms with van der Waals surface area (Å²) in [5.74, 6) is 2.23. The third kappa shape index (κ3) is 4.93. The molecule has 0 aliphatic heterocycles. The van der Waals surface area contributed by atoms with Crippen LogP contribution in [0.3, 0.4) is 0 Å². The highest BCUT2D eigenvalue weighted by molar-refractivity contribution is 9.10. The van der Waals surface area contributed by atoms with Crippen molar-refractivity contribution in [1.82, 2.24) is 15.5 Å². The third-order valence-corrected chi connectivity index (χ3v) is 5.49. The van der Waals surface area contributed by atoms with E-state index in [1.54, 1.807) is 0 Å². The van der Waals surface area contributed by atoms with E-state index in [0.29, 0.717) is 31.1 Å². The monoisotopic (exact) mass is 419 g/mol. The molecule has 6 heteroatoms. The molecule has 1 aromatic heterocycles. The van der Waals surface area contributed by atoms with E-state index in [4.69, 9.17) is 4.52 Å². The minimum Gasteiger partial charge on any atom is -0.349 e. The second-order valence-electron chi connectivity index (χ2n) is 7.34. The van der Waals surface area contributed by atoms with E-state index in [-0.39, 0.29) is 17.9 Å². The number of rotatable bonds is 8. The van der Waals surface area contributed by atoms with Crippen LogP contribution >= 0.6 is 15.9 Å². The largest absolute Gasteiger partial charge is 0.349 e. The zero-order valence-corrected chi connectivity index (χ0v) is 17.0. The fraction of sp³-hybridized carbons (Fsp3) is 0.550. The number of benzene rings is 1. The van der Waals surface area contributed by atoms with Gasteiger partial charge in [-0.05, 0) is 42.9 Å². The van der Waals surface area contributed by atoms with Gasteiger partial charge in [-0.15, -0.1) is 0 Å². The van der Waals surface area contributed by atoms with E-state index < -0.39 is 0 Å². The molecule has 1 aromatic carbocycles. The molecule has 0 spiro atoms. The first-order valence-corrected chi connectivity index (χ1v) is 10.2. The van der Waals surface area contributed by atoms with Gasteiger partial charge < -0.3 is 9.84 Å². The lowest BCUT2D eigenvalue weighted by molar-refractivity contribution is -0.122. The predicted octanol–water partition coefficient (Wildman–Crippen LogP) is 4.94. The summed E-state index contributed by atoms with van der Waals surface area (Å²) in [6.07, 6.45) is 5.44. The van der Waals surface area contributed by atoms with Gasteiger partial charge in [0.1, 0.15) is 0 Å². The van der Waals surface area contributed by atoms with Crippen LogP contribution in [0.5, 0.6) is 0 Å². The Bertz CT molecular complexity index is 723. The summed E-state index contributed by atoms with van der Waals surface area (Å²) >= 11 is 3.47. The minimum atomic E-state index is 0.0911. The zero-order valence-electron chi connectivity index (χ0n) is 15.4. The first-order valence-electron chi connectivity index (χ1n) is 9.40. The SMILES string of the molecule is CC(C)c1noc(CCCC(=O)NC(c2ccc(Br)cc2)C2CCC2)n1. The lowest BCUT2D eigenvalue weighted by Crippen LogP contribution is -2.36. The van der Waals surface area contributed by atoms with E-state index >= 15 is 0 Å². The first kappa shape index (κ1) is 19.1. The van der Waals surface area contributed by atoms with Gasteiger partial charge >= 0.3 is 0 Å². The van der Waals surface area contributed by atoms with Crippen LogP contribution < -0.4 is 5.32 Å². The van der Waals surface area contributed by atoms with Crippen molar-refractivity contribution in [3.8, 4) is 0 Å². The molecule has 0 saturated heterocycles. The molecule has 1 aliphatic carbocycles. The van der Waals surface area contributed by atoms with Crippen LogP contribution in [0.1, 0.15) is 75.2 Å². The summed E-state index contributed by atoms with van der Waals surface area (Å²) in [6, 6.07) is 8.38. The number of halogens is 1. The van der Waals surface area contributed by atoms with Crippen LogP contribution in [-0.2, 0) is 11.2 Å². The van der Waals surface area contributed by atoms with Crippen LogP contribution in [0.4, 0.5) is 0 Å². The third-order valence-electron chi connectivity index (χ3n) is 4.96. The van der Waals surface area contributed by atoms with Crippen LogP contribution in [0.25, 0.3) is 0 Å². The number of hydrogen-bond donors (Lipinski definition) is 1. The van der Waals surface area contributed by atoms with Crippen molar-refractivity contribution in [2.45, 2.75) is 64.3 Å². The van der Waals surface area contributed by atoms with E-state index in [9.17, 15) is 4.79 Å². The molecule has 2 aromatic rings. The van der Waals surface area contributed by atoms with Crippen LogP contribution in [0.15, 0.2) is 33.3 Å². The molecule has 140 valence electrons. The molecule has 1 saturated carbocycles. The topological polar surface area (TPSA) is 68.0 Å². The van der Waals surface area contributed by atoms with E-state index in [0.717, 1.165) is 10.3 Å². The number of carbonyl (C=O) groups excluding carboxylic acids is 1. The Morgan fingerprint density at radius 1 is 1.31 bits per heavy atom. The second-order valence-corrected chi connectivity index (χ2v) is 8.26.